The van der Waals surface area contributed by atoms with Gasteiger partial charge < -0.3 is 10.1 Å². The summed E-state index contributed by atoms with van der Waals surface area (Å²) in [6, 6.07) is 9.77. The molecule has 1 amide bonds. The van der Waals surface area contributed by atoms with E-state index in [1.165, 1.54) is 18.2 Å². The summed E-state index contributed by atoms with van der Waals surface area (Å²) in [5, 5.41) is 2.99. The molecule has 0 aliphatic heterocycles. The molecule has 1 aliphatic carbocycles. The number of pyridine rings is 1. The predicted octanol–water partition coefficient (Wildman–Crippen LogP) is 3.99. The van der Waals surface area contributed by atoms with Gasteiger partial charge in [-0.3, -0.25) is 4.79 Å². The molecule has 0 radical (unpaired) electrons. The van der Waals surface area contributed by atoms with Gasteiger partial charge in [-0.1, -0.05) is 23.7 Å². The second kappa shape index (κ2) is 7.62. The van der Waals surface area contributed by atoms with Crippen LogP contribution in [0.1, 0.15) is 36.0 Å². The maximum absolute atomic E-state index is 13.8. The molecule has 126 valence electrons. The summed E-state index contributed by atoms with van der Waals surface area (Å²) in [6.45, 7) is 0. The van der Waals surface area contributed by atoms with E-state index in [9.17, 15) is 9.18 Å². The lowest BCUT2D eigenvalue weighted by molar-refractivity contribution is 0.0886. The summed E-state index contributed by atoms with van der Waals surface area (Å²) in [4.78, 5) is 16.4. The van der Waals surface area contributed by atoms with Crippen LogP contribution in [0.3, 0.4) is 0 Å². The number of benzene rings is 1. The van der Waals surface area contributed by atoms with Crippen LogP contribution in [0.5, 0.6) is 5.88 Å². The Labute approximate surface area is 145 Å². The molecule has 1 fully saturated rings. The fourth-order valence-corrected chi connectivity index (χ4v) is 3.13. The van der Waals surface area contributed by atoms with Crippen LogP contribution in [-0.4, -0.2) is 23.0 Å². The van der Waals surface area contributed by atoms with E-state index in [4.69, 9.17) is 16.3 Å². The Hall–Kier alpha value is -2.14. The monoisotopic (exact) mass is 348 g/mol. The minimum Gasteiger partial charge on any atom is -0.474 e. The Bertz CT molecular complexity index is 683. The Morgan fingerprint density at radius 2 is 1.96 bits per heavy atom. The predicted molar refractivity (Wildman–Crippen MR) is 89.8 cm³/mol. The van der Waals surface area contributed by atoms with E-state index in [1.54, 1.807) is 6.20 Å². The van der Waals surface area contributed by atoms with Crippen molar-refractivity contribution >= 4 is 17.5 Å². The lowest BCUT2D eigenvalue weighted by Crippen LogP contribution is -2.40. The smallest absolute Gasteiger partial charge is 0.255 e. The second-order valence-electron chi connectivity index (χ2n) is 5.83. The van der Waals surface area contributed by atoms with Crippen molar-refractivity contribution in [1.29, 1.82) is 0 Å². The number of carbonyl (C=O) groups is 1. The van der Waals surface area contributed by atoms with Crippen molar-refractivity contribution in [3.05, 3.63) is 59.0 Å². The molecule has 1 aromatic heterocycles. The highest BCUT2D eigenvalue weighted by Gasteiger charge is 2.25. The van der Waals surface area contributed by atoms with Crippen LogP contribution in [0.25, 0.3) is 0 Å². The van der Waals surface area contributed by atoms with Crippen molar-refractivity contribution in [2.45, 2.75) is 37.8 Å². The topological polar surface area (TPSA) is 51.2 Å². The van der Waals surface area contributed by atoms with Crippen LogP contribution >= 0.6 is 11.6 Å². The average Bonchev–Trinajstić information content (AvgIpc) is 2.57. The first kappa shape index (κ1) is 16.7. The van der Waals surface area contributed by atoms with E-state index < -0.39 is 11.7 Å². The molecule has 1 aliphatic rings. The van der Waals surface area contributed by atoms with Gasteiger partial charge in [0.2, 0.25) is 5.88 Å². The van der Waals surface area contributed by atoms with Crippen LogP contribution < -0.4 is 10.1 Å². The number of ether oxygens (including phenoxy) is 1. The summed E-state index contributed by atoms with van der Waals surface area (Å²) in [6.07, 6.45) is 4.95. The van der Waals surface area contributed by atoms with Crippen molar-refractivity contribution in [2.75, 3.05) is 0 Å². The number of aromatic nitrogens is 1. The zero-order valence-corrected chi connectivity index (χ0v) is 13.8. The normalized spacial score (nSPS) is 20.4. The molecule has 1 heterocycles. The van der Waals surface area contributed by atoms with Crippen LogP contribution in [-0.2, 0) is 0 Å². The summed E-state index contributed by atoms with van der Waals surface area (Å²) < 4.78 is 19.6. The van der Waals surface area contributed by atoms with Gasteiger partial charge in [0.1, 0.15) is 11.9 Å². The molecule has 6 heteroatoms. The molecule has 1 saturated carbocycles. The van der Waals surface area contributed by atoms with Gasteiger partial charge in [-0.05, 0) is 43.9 Å². The third kappa shape index (κ3) is 4.03. The summed E-state index contributed by atoms with van der Waals surface area (Å²) in [5.41, 5.74) is -0.0916. The molecule has 0 saturated heterocycles. The Morgan fingerprint density at radius 3 is 2.62 bits per heavy atom. The number of carbonyl (C=O) groups excluding carboxylic acids is 1. The minimum absolute atomic E-state index is 0.00300. The van der Waals surface area contributed by atoms with Gasteiger partial charge >= 0.3 is 0 Å². The number of amides is 1. The van der Waals surface area contributed by atoms with Gasteiger partial charge in [0, 0.05) is 18.3 Å². The second-order valence-corrected chi connectivity index (χ2v) is 6.24. The molecule has 1 aromatic carbocycles. The molecule has 24 heavy (non-hydrogen) atoms. The fraction of sp³-hybridized carbons (Fsp3) is 0.333. The Kier molecular flexibility index (Phi) is 5.30. The molecule has 2 aromatic rings. The number of hydrogen-bond acceptors (Lipinski definition) is 3. The maximum Gasteiger partial charge on any atom is 0.255 e. The average molecular weight is 349 g/mol. The highest BCUT2D eigenvalue weighted by atomic mass is 35.5. The number of nitrogens with zero attached hydrogens (tertiary/aromatic N) is 1. The quantitative estimate of drug-likeness (QED) is 0.908. The first-order valence-electron chi connectivity index (χ1n) is 7.96. The van der Waals surface area contributed by atoms with Crippen molar-refractivity contribution in [2.24, 2.45) is 0 Å². The van der Waals surface area contributed by atoms with E-state index >= 15 is 0 Å². The van der Waals surface area contributed by atoms with Crippen LogP contribution in [0.15, 0.2) is 42.6 Å². The zero-order chi connectivity index (χ0) is 16.9. The Balaban J connectivity index is 1.53. The van der Waals surface area contributed by atoms with Gasteiger partial charge in [0.25, 0.3) is 5.91 Å². The summed E-state index contributed by atoms with van der Waals surface area (Å²) in [5.74, 6) is -0.456. The summed E-state index contributed by atoms with van der Waals surface area (Å²) >= 11 is 5.93. The number of hydrogen-bond donors (Lipinski definition) is 1. The van der Waals surface area contributed by atoms with Crippen LogP contribution in [0.4, 0.5) is 4.39 Å². The van der Waals surface area contributed by atoms with Gasteiger partial charge in [0.05, 0.1) is 10.6 Å². The number of nitrogens with one attached hydrogen (secondary N) is 1. The highest BCUT2D eigenvalue weighted by molar-refractivity contribution is 6.33. The largest absolute Gasteiger partial charge is 0.474 e. The number of halogens is 2. The van der Waals surface area contributed by atoms with Crippen molar-refractivity contribution < 1.29 is 13.9 Å². The van der Waals surface area contributed by atoms with Gasteiger partial charge in [0.15, 0.2) is 0 Å². The van der Waals surface area contributed by atoms with Crippen LogP contribution in [0, 0.1) is 5.82 Å². The molecule has 4 nitrogen and oxygen atoms in total. The molecular formula is C18H18ClFN2O2. The molecule has 0 unspecified atom stereocenters. The molecule has 0 atom stereocenters. The van der Waals surface area contributed by atoms with Crippen molar-refractivity contribution in [3.63, 3.8) is 0 Å². The lowest BCUT2D eigenvalue weighted by Gasteiger charge is -2.29. The molecule has 0 spiro atoms. The minimum atomic E-state index is -0.604. The van der Waals surface area contributed by atoms with Gasteiger partial charge in [-0.25, -0.2) is 9.37 Å². The molecule has 0 bridgehead atoms. The number of rotatable bonds is 4. The molecule has 1 N–H and O–H groups in total. The standard InChI is InChI=1S/C18H18ClFN2O2/c19-14-4-3-5-15(20)17(14)18(23)22-12-7-9-13(10-8-12)24-16-6-1-2-11-21-16/h1-6,11-13H,7-10H2,(H,22,23). The fourth-order valence-electron chi connectivity index (χ4n) is 2.88. The third-order valence-corrected chi connectivity index (χ3v) is 4.44. The van der Waals surface area contributed by atoms with Crippen molar-refractivity contribution in [3.8, 4) is 5.88 Å². The highest BCUT2D eigenvalue weighted by Crippen LogP contribution is 2.24. The van der Waals surface area contributed by atoms with E-state index in [2.05, 4.69) is 10.3 Å². The first-order chi connectivity index (χ1) is 11.6. The summed E-state index contributed by atoms with van der Waals surface area (Å²) in [7, 11) is 0. The van der Waals surface area contributed by atoms with Crippen molar-refractivity contribution in [1.82, 2.24) is 10.3 Å². The zero-order valence-electron chi connectivity index (χ0n) is 13.0. The maximum atomic E-state index is 13.8. The van der Waals surface area contributed by atoms with Crippen LogP contribution in [0.2, 0.25) is 5.02 Å². The van der Waals surface area contributed by atoms with Gasteiger partial charge in [-0.2, -0.15) is 0 Å². The van der Waals surface area contributed by atoms with E-state index in [-0.39, 0.29) is 22.7 Å². The Morgan fingerprint density at radius 1 is 1.17 bits per heavy atom. The SMILES string of the molecule is O=C(NC1CCC(Oc2ccccn2)CC1)c1c(F)cccc1Cl. The van der Waals surface area contributed by atoms with Gasteiger partial charge in [-0.15, -0.1) is 0 Å². The van der Waals surface area contributed by atoms with E-state index in [1.807, 2.05) is 18.2 Å². The lowest BCUT2D eigenvalue weighted by atomic mass is 9.92. The third-order valence-electron chi connectivity index (χ3n) is 4.12. The first-order valence-corrected chi connectivity index (χ1v) is 8.34. The van der Waals surface area contributed by atoms with E-state index in [0.29, 0.717) is 5.88 Å². The molecular weight excluding hydrogens is 331 g/mol. The molecule has 3 rings (SSSR count). The van der Waals surface area contributed by atoms with E-state index in [0.717, 1.165) is 25.7 Å².